The van der Waals surface area contributed by atoms with Gasteiger partial charge in [-0.05, 0) is 29.9 Å². The van der Waals surface area contributed by atoms with Crippen molar-refractivity contribution in [3.8, 4) is 12.3 Å². The van der Waals surface area contributed by atoms with E-state index in [1.54, 1.807) is 0 Å². The number of hydrogen-bond donors (Lipinski definition) is 1. The molecule has 66 valence electrons. The van der Waals surface area contributed by atoms with Crippen LogP contribution in [0.3, 0.4) is 0 Å². The topological polar surface area (TPSA) is 24.9 Å². The lowest BCUT2D eigenvalue weighted by atomic mass is 10.3. The SMILES string of the molecule is C#Cc1cc(Br)cnc1P1CNC1. The van der Waals surface area contributed by atoms with Crippen LogP contribution in [0.1, 0.15) is 5.56 Å². The number of halogens is 1. The van der Waals surface area contributed by atoms with Crippen LogP contribution in [-0.2, 0) is 0 Å². The van der Waals surface area contributed by atoms with Gasteiger partial charge in [-0.2, -0.15) is 0 Å². The monoisotopic (exact) mass is 254 g/mol. The van der Waals surface area contributed by atoms with E-state index in [1.807, 2.05) is 12.3 Å². The minimum atomic E-state index is -0.117. The highest BCUT2D eigenvalue weighted by Crippen LogP contribution is 2.38. The van der Waals surface area contributed by atoms with Gasteiger partial charge in [0.05, 0.1) is 11.0 Å². The third-order valence-corrected chi connectivity index (χ3v) is 4.49. The third-order valence-electron chi connectivity index (χ3n) is 1.89. The van der Waals surface area contributed by atoms with Crippen molar-refractivity contribution in [1.29, 1.82) is 0 Å². The van der Waals surface area contributed by atoms with Crippen LogP contribution < -0.4 is 10.8 Å². The molecule has 0 amide bonds. The van der Waals surface area contributed by atoms with Crippen molar-refractivity contribution in [2.75, 3.05) is 12.6 Å². The lowest BCUT2D eigenvalue weighted by Crippen LogP contribution is -2.34. The smallest absolute Gasteiger partial charge is 0.0812 e. The van der Waals surface area contributed by atoms with Crippen LogP contribution in [0.2, 0.25) is 0 Å². The predicted octanol–water partition coefficient (Wildman–Crippen LogP) is 1.45. The van der Waals surface area contributed by atoms with Gasteiger partial charge in [0.1, 0.15) is 0 Å². The molecular weight excluding hydrogens is 247 g/mol. The maximum atomic E-state index is 5.42. The summed E-state index contributed by atoms with van der Waals surface area (Å²) in [6, 6.07) is 1.96. The highest BCUT2D eigenvalue weighted by Gasteiger charge is 2.21. The van der Waals surface area contributed by atoms with Crippen molar-refractivity contribution in [2.24, 2.45) is 0 Å². The average Bonchev–Trinajstić information content (AvgIpc) is 2.05. The molecule has 0 aromatic carbocycles. The number of nitrogens with zero attached hydrogens (tertiary/aromatic N) is 1. The molecule has 1 aromatic rings. The average molecular weight is 255 g/mol. The molecule has 1 aromatic heterocycles. The fourth-order valence-electron chi connectivity index (χ4n) is 1.16. The van der Waals surface area contributed by atoms with Crippen molar-refractivity contribution in [3.05, 3.63) is 22.3 Å². The van der Waals surface area contributed by atoms with Gasteiger partial charge in [0.15, 0.2) is 0 Å². The molecule has 0 atom stereocenters. The first-order valence-corrected chi connectivity index (χ1v) is 6.39. The van der Waals surface area contributed by atoms with Gasteiger partial charge in [-0.3, -0.25) is 4.98 Å². The third kappa shape index (κ3) is 1.76. The summed E-state index contributed by atoms with van der Waals surface area (Å²) in [6.45, 7) is 0. The van der Waals surface area contributed by atoms with E-state index in [1.165, 1.54) is 0 Å². The number of rotatable bonds is 1. The second-order valence-corrected chi connectivity index (χ2v) is 5.83. The quantitative estimate of drug-likeness (QED) is 0.607. The predicted molar refractivity (Wildman–Crippen MR) is 59.3 cm³/mol. The summed E-state index contributed by atoms with van der Waals surface area (Å²) < 4.78 is 0.952. The van der Waals surface area contributed by atoms with Gasteiger partial charge in [-0.15, -0.1) is 6.42 Å². The standard InChI is InChI=1S/C9H8BrN2P/c1-2-7-3-8(10)4-12-9(7)13-5-11-6-13/h1,3-4,11H,5-6H2. The highest BCUT2D eigenvalue weighted by molar-refractivity contribution is 9.10. The lowest BCUT2D eigenvalue weighted by Gasteiger charge is -2.27. The van der Waals surface area contributed by atoms with E-state index in [0.29, 0.717) is 0 Å². The first-order chi connectivity index (χ1) is 6.31. The van der Waals surface area contributed by atoms with Gasteiger partial charge in [0, 0.05) is 23.2 Å². The molecule has 0 unspecified atom stereocenters. The lowest BCUT2D eigenvalue weighted by molar-refractivity contribution is 0.866. The number of aromatic nitrogens is 1. The fraction of sp³-hybridized carbons (Fsp3) is 0.222. The van der Waals surface area contributed by atoms with E-state index in [9.17, 15) is 0 Å². The number of pyridine rings is 1. The first-order valence-electron chi connectivity index (χ1n) is 3.89. The minimum Gasteiger partial charge on any atom is -0.308 e. The van der Waals surface area contributed by atoms with E-state index in [0.717, 1.165) is 28.0 Å². The summed E-state index contributed by atoms with van der Waals surface area (Å²) >= 11 is 3.36. The van der Waals surface area contributed by atoms with E-state index in [4.69, 9.17) is 6.42 Å². The van der Waals surface area contributed by atoms with Gasteiger partial charge in [-0.25, -0.2) is 0 Å². The van der Waals surface area contributed by atoms with E-state index < -0.39 is 0 Å². The Hall–Kier alpha value is -0.420. The van der Waals surface area contributed by atoms with Crippen LogP contribution in [0.15, 0.2) is 16.7 Å². The maximum absolute atomic E-state index is 5.42. The van der Waals surface area contributed by atoms with Crippen molar-refractivity contribution in [2.45, 2.75) is 0 Å². The van der Waals surface area contributed by atoms with Gasteiger partial charge < -0.3 is 5.32 Å². The first kappa shape index (κ1) is 9.15. The second kappa shape index (κ2) is 3.75. The van der Waals surface area contributed by atoms with Crippen molar-refractivity contribution in [3.63, 3.8) is 0 Å². The molecule has 1 saturated heterocycles. The molecule has 0 spiro atoms. The zero-order chi connectivity index (χ0) is 9.26. The molecule has 1 N–H and O–H groups in total. The van der Waals surface area contributed by atoms with Crippen LogP contribution in [0.4, 0.5) is 0 Å². The minimum absolute atomic E-state index is 0.117. The Kier molecular flexibility index (Phi) is 2.64. The number of terminal acetylenes is 1. The van der Waals surface area contributed by atoms with Crippen LogP contribution in [0.25, 0.3) is 0 Å². The summed E-state index contributed by atoms with van der Waals surface area (Å²) in [5.74, 6) is 2.68. The van der Waals surface area contributed by atoms with Crippen molar-refractivity contribution in [1.82, 2.24) is 10.3 Å². The summed E-state index contributed by atoms with van der Waals surface area (Å²) in [4.78, 5) is 4.37. The molecule has 1 fully saturated rings. The summed E-state index contributed by atoms with van der Waals surface area (Å²) in [7, 11) is -0.117. The number of nitrogens with one attached hydrogen (secondary N) is 1. The maximum Gasteiger partial charge on any atom is 0.0812 e. The highest BCUT2D eigenvalue weighted by atomic mass is 79.9. The van der Waals surface area contributed by atoms with Gasteiger partial charge in [0.25, 0.3) is 0 Å². The molecule has 2 heterocycles. The zero-order valence-corrected chi connectivity index (χ0v) is 9.40. The number of hydrogen-bond acceptors (Lipinski definition) is 2. The van der Waals surface area contributed by atoms with Crippen LogP contribution in [0.5, 0.6) is 0 Å². The molecule has 0 radical (unpaired) electrons. The summed E-state index contributed by atoms with van der Waals surface area (Å²) in [6.07, 6.45) is 9.34. The van der Waals surface area contributed by atoms with Crippen LogP contribution in [0, 0.1) is 12.3 Å². The van der Waals surface area contributed by atoms with Gasteiger partial charge in [-0.1, -0.05) is 5.92 Å². The molecule has 2 nitrogen and oxygen atoms in total. The molecule has 0 bridgehead atoms. The molecule has 2 rings (SSSR count). The van der Waals surface area contributed by atoms with E-state index in [2.05, 4.69) is 32.2 Å². The molecule has 1 aliphatic rings. The Morgan fingerprint density at radius 2 is 2.38 bits per heavy atom. The van der Waals surface area contributed by atoms with Crippen molar-refractivity contribution < 1.29 is 0 Å². The van der Waals surface area contributed by atoms with Gasteiger partial charge >= 0.3 is 0 Å². The normalized spacial score (nSPS) is 16.3. The summed E-state index contributed by atoms with van der Waals surface area (Å²) in [5, 5.41) is 3.23. The molecule has 0 aliphatic carbocycles. The molecular formula is C9H8BrN2P. The van der Waals surface area contributed by atoms with Crippen LogP contribution >= 0.6 is 23.9 Å². The molecule has 0 saturated carbocycles. The molecule has 13 heavy (non-hydrogen) atoms. The van der Waals surface area contributed by atoms with E-state index >= 15 is 0 Å². The molecule has 4 heteroatoms. The largest absolute Gasteiger partial charge is 0.308 e. The Morgan fingerprint density at radius 3 is 2.92 bits per heavy atom. The van der Waals surface area contributed by atoms with E-state index in [-0.39, 0.29) is 7.92 Å². The zero-order valence-electron chi connectivity index (χ0n) is 6.92. The second-order valence-electron chi connectivity index (χ2n) is 2.78. The fourth-order valence-corrected chi connectivity index (χ4v) is 2.93. The van der Waals surface area contributed by atoms with Gasteiger partial charge in [0.2, 0.25) is 0 Å². The van der Waals surface area contributed by atoms with Crippen molar-refractivity contribution >= 4 is 29.3 Å². The Morgan fingerprint density at radius 1 is 1.62 bits per heavy atom. The Labute approximate surface area is 87.0 Å². The Bertz CT molecular complexity index is 368. The summed E-state index contributed by atoms with van der Waals surface area (Å²) in [5.41, 5.74) is 2.04. The van der Waals surface area contributed by atoms with Crippen LogP contribution in [-0.4, -0.2) is 17.6 Å². The molecule has 1 aliphatic heterocycles. The Balaban J connectivity index is 2.39.